The molecular formula is C14H20ClN. The zero-order valence-electron chi connectivity index (χ0n) is 10.0. The molecule has 16 heavy (non-hydrogen) atoms. The summed E-state index contributed by atoms with van der Waals surface area (Å²) in [5.74, 6) is 1.56. The van der Waals surface area contributed by atoms with E-state index in [0.717, 1.165) is 16.9 Å². The third-order valence-corrected chi connectivity index (χ3v) is 4.41. The van der Waals surface area contributed by atoms with Gasteiger partial charge in [-0.2, -0.15) is 0 Å². The lowest BCUT2D eigenvalue weighted by Gasteiger charge is -2.50. The van der Waals surface area contributed by atoms with Crippen LogP contribution in [0.1, 0.15) is 32.3 Å². The van der Waals surface area contributed by atoms with Gasteiger partial charge in [0.05, 0.1) is 0 Å². The Hall–Kier alpha value is -0.530. The van der Waals surface area contributed by atoms with Crippen LogP contribution in [-0.4, -0.2) is 6.54 Å². The fourth-order valence-corrected chi connectivity index (χ4v) is 3.14. The van der Waals surface area contributed by atoms with Crippen LogP contribution in [0.5, 0.6) is 0 Å². The first kappa shape index (κ1) is 11.9. The average Bonchev–Trinajstić information content (AvgIpc) is 2.19. The molecule has 0 heterocycles. The Morgan fingerprint density at radius 3 is 2.50 bits per heavy atom. The molecule has 1 aliphatic carbocycles. The first-order valence-electron chi connectivity index (χ1n) is 6.04. The molecule has 1 saturated carbocycles. The molecular weight excluding hydrogens is 218 g/mol. The van der Waals surface area contributed by atoms with Crippen molar-refractivity contribution >= 4 is 11.6 Å². The predicted octanol–water partition coefficient (Wildman–Crippen LogP) is 3.60. The number of benzene rings is 1. The van der Waals surface area contributed by atoms with E-state index in [4.69, 9.17) is 17.3 Å². The van der Waals surface area contributed by atoms with Crippen LogP contribution in [0.25, 0.3) is 0 Å². The van der Waals surface area contributed by atoms with Gasteiger partial charge in [-0.25, -0.2) is 0 Å². The summed E-state index contributed by atoms with van der Waals surface area (Å²) in [4.78, 5) is 0. The Morgan fingerprint density at radius 2 is 2.00 bits per heavy atom. The summed E-state index contributed by atoms with van der Waals surface area (Å²) in [5.41, 5.74) is 7.37. The van der Waals surface area contributed by atoms with Crippen molar-refractivity contribution in [2.24, 2.45) is 17.6 Å². The van der Waals surface area contributed by atoms with Crippen molar-refractivity contribution in [1.82, 2.24) is 0 Å². The van der Waals surface area contributed by atoms with Crippen LogP contribution in [0.3, 0.4) is 0 Å². The van der Waals surface area contributed by atoms with Crippen molar-refractivity contribution in [3.8, 4) is 0 Å². The minimum atomic E-state index is 0.146. The van der Waals surface area contributed by atoms with E-state index in [2.05, 4.69) is 26.0 Å². The van der Waals surface area contributed by atoms with Gasteiger partial charge in [-0.05, 0) is 36.3 Å². The summed E-state index contributed by atoms with van der Waals surface area (Å²) in [6, 6.07) is 8.14. The molecule has 0 amide bonds. The third-order valence-electron chi connectivity index (χ3n) is 4.08. The lowest BCUT2D eigenvalue weighted by atomic mass is 9.56. The second kappa shape index (κ2) is 4.38. The van der Waals surface area contributed by atoms with E-state index < -0.39 is 0 Å². The van der Waals surface area contributed by atoms with Crippen molar-refractivity contribution < 1.29 is 0 Å². The van der Waals surface area contributed by atoms with Gasteiger partial charge in [0.2, 0.25) is 0 Å². The Bertz CT molecular complexity index is 367. The zero-order valence-corrected chi connectivity index (χ0v) is 10.8. The fourth-order valence-electron chi connectivity index (χ4n) is 2.80. The number of halogens is 1. The summed E-state index contributed by atoms with van der Waals surface area (Å²) >= 11 is 6.27. The normalized spacial score (nSPS) is 29.2. The van der Waals surface area contributed by atoms with Gasteiger partial charge in [-0.1, -0.05) is 43.6 Å². The number of hydrogen-bond donors (Lipinski definition) is 1. The van der Waals surface area contributed by atoms with Crippen LogP contribution in [0.2, 0.25) is 5.02 Å². The third kappa shape index (κ3) is 1.87. The van der Waals surface area contributed by atoms with Crippen molar-refractivity contribution in [2.75, 3.05) is 6.54 Å². The molecule has 0 aromatic heterocycles. The van der Waals surface area contributed by atoms with Crippen molar-refractivity contribution in [2.45, 2.75) is 32.1 Å². The van der Waals surface area contributed by atoms with E-state index in [0.29, 0.717) is 6.54 Å². The van der Waals surface area contributed by atoms with E-state index in [1.165, 1.54) is 18.4 Å². The molecule has 88 valence electrons. The Kier molecular flexibility index (Phi) is 3.27. The topological polar surface area (TPSA) is 26.0 Å². The van der Waals surface area contributed by atoms with Gasteiger partial charge in [0, 0.05) is 17.0 Å². The molecule has 0 unspecified atom stereocenters. The smallest absolute Gasteiger partial charge is 0.0444 e. The molecule has 1 aliphatic rings. The minimum absolute atomic E-state index is 0.146. The molecule has 2 heteroatoms. The highest BCUT2D eigenvalue weighted by atomic mass is 35.5. The van der Waals surface area contributed by atoms with Crippen LogP contribution in [0, 0.1) is 11.8 Å². The van der Waals surface area contributed by atoms with Gasteiger partial charge >= 0.3 is 0 Å². The summed E-state index contributed by atoms with van der Waals surface area (Å²) in [5, 5.41) is 0.871. The highest BCUT2D eigenvalue weighted by molar-refractivity contribution is 6.31. The Morgan fingerprint density at radius 1 is 1.38 bits per heavy atom. The zero-order chi connectivity index (χ0) is 11.8. The molecule has 1 nitrogen and oxygen atoms in total. The minimum Gasteiger partial charge on any atom is -0.330 e. The van der Waals surface area contributed by atoms with Crippen LogP contribution in [0.4, 0.5) is 0 Å². The molecule has 0 saturated heterocycles. The summed E-state index contributed by atoms with van der Waals surface area (Å²) < 4.78 is 0. The van der Waals surface area contributed by atoms with Gasteiger partial charge in [0.15, 0.2) is 0 Å². The SMILES string of the molecule is CC(C)C1CC(CN)(c2ccccc2Cl)C1. The maximum absolute atomic E-state index is 6.27. The van der Waals surface area contributed by atoms with Crippen LogP contribution < -0.4 is 5.73 Å². The quantitative estimate of drug-likeness (QED) is 0.854. The number of nitrogens with two attached hydrogens (primary N) is 1. The fraction of sp³-hybridized carbons (Fsp3) is 0.571. The maximum atomic E-state index is 6.27. The lowest BCUT2D eigenvalue weighted by molar-refractivity contribution is 0.106. The van der Waals surface area contributed by atoms with E-state index in [9.17, 15) is 0 Å². The first-order valence-corrected chi connectivity index (χ1v) is 6.42. The molecule has 1 fully saturated rings. The number of hydrogen-bond acceptors (Lipinski definition) is 1. The van der Waals surface area contributed by atoms with Gasteiger partial charge in [-0.15, -0.1) is 0 Å². The van der Waals surface area contributed by atoms with Crippen molar-refractivity contribution in [3.63, 3.8) is 0 Å². The standard InChI is InChI=1S/C14H20ClN/c1-10(2)11-7-14(8-11,9-16)12-5-3-4-6-13(12)15/h3-6,10-11H,7-9,16H2,1-2H3. The van der Waals surface area contributed by atoms with E-state index in [-0.39, 0.29) is 5.41 Å². The molecule has 0 radical (unpaired) electrons. The molecule has 0 spiro atoms. The van der Waals surface area contributed by atoms with E-state index >= 15 is 0 Å². The Balaban J connectivity index is 2.23. The largest absolute Gasteiger partial charge is 0.330 e. The second-order valence-electron chi connectivity index (χ2n) is 5.38. The summed E-state index contributed by atoms with van der Waals surface area (Å²) in [7, 11) is 0. The van der Waals surface area contributed by atoms with Crippen molar-refractivity contribution in [1.29, 1.82) is 0 Å². The predicted molar refractivity (Wildman–Crippen MR) is 69.7 cm³/mol. The van der Waals surface area contributed by atoms with Crippen LogP contribution in [-0.2, 0) is 5.41 Å². The van der Waals surface area contributed by atoms with Gasteiger partial charge < -0.3 is 5.73 Å². The maximum Gasteiger partial charge on any atom is 0.0444 e. The van der Waals surface area contributed by atoms with Crippen LogP contribution >= 0.6 is 11.6 Å². The van der Waals surface area contributed by atoms with E-state index in [1.54, 1.807) is 0 Å². The van der Waals surface area contributed by atoms with Crippen molar-refractivity contribution in [3.05, 3.63) is 34.9 Å². The molecule has 2 N–H and O–H groups in total. The second-order valence-corrected chi connectivity index (χ2v) is 5.78. The molecule has 1 aromatic carbocycles. The van der Waals surface area contributed by atoms with Gasteiger partial charge in [0.25, 0.3) is 0 Å². The first-order chi connectivity index (χ1) is 7.59. The highest BCUT2D eigenvalue weighted by Crippen LogP contribution is 2.51. The van der Waals surface area contributed by atoms with Gasteiger partial charge in [-0.3, -0.25) is 0 Å². The number of rotatable bonds is 3. The summed E-state index contributed by atoms with van der Waals surface area (Å²) in [6.07, 6.45) is 2.37. The molecule has 0 aliphatic heterocycles. The molecule has 0 atom stereocenters. The molecule has 0 bridgehead atoms. The van der Waals surface area contributed by atoms with Crippen LogP contribution in [0.15, 0.2) is 24.3 Å². The molecule has 1 aromatic rings. The van der Waals surface area contributed by atoms with E-state index in [1.807, 2.05) is 12.1 Å². The molecule has 2 rings (SSSR count). The highest BCUT2D eigenvalue weighted by Gasteiger charge is 2.46. The lowest BCUT2D eigenvalue weighted by Crippen LogP contribution is -2.48. The van der Waals surface area contributed by atoms with Gasteiger partial charge in [0.1, 0.15) is 0 Å². The summed E-state index contributed by atoms with van der Waals surface area (Å²) in [6.45, 7) is 5.29. The monoisotopic (exact) mass is 237 g/mol. The average molecular weight is 238 g/mol. The Labute approximate surface area is 103 Å².